The number of rotatable bonds is 9. The fourth-order valence-electron chi connectivity index (χ4n) is 3.05. The number of carbonyl (C=O) groups is 3. The third kappa shape index (κ3) is 5.44. The number of esters is 1. The quantitative estimate of drug-likeness (QED) is 0.631. The number of ether oxygens (including phenoxy) is 2. The molecule has 1 aliphatic heterocycles. The summed E-state index contributed by atoms with van der Waals surface area (Å²) in [5.41, 5.74) is 1.67. The first-order valence-corrected chi connectivity index (χ1v) is 9.15. The van der Waals surface area contributed by atoms with Gasteiger partial charge in [0.25, 0.3) is 5.91 Å². The van der Waals surface area contributed by atoms with Gasteiger partial charge in [-0.2, -0.15) is 0 Å². The Morgan fingerprint density at radius 3 is 2.24 bits per heavy atom. The van der Waals surface area contributed by atoms with Crippen molar-refractivity contribution in [2.45, 2.75) is 13.0 Å². The Morgan fingerprint density at radius 2 is 1.62 bits per heavy atom. The van der Waals surface area contributed by atoms with Gasteiger partial charge in [0.1, 0.15) is 12.4 Å². The number of hydrogen-bond donors (Lipinski definition) is 2. The second kappa shape index (κ2) is 9.54. The largest absolute Gasteiger partial charge is 0.484 e. The molecular weight excluding hydrogens is 374 g/mol. The summed E-state index contributed by atoms with van der Waals surface area (Å²) in [6.07, 6.45) is 0.143. The van der Waals surface area contributed by atoms with Crippen molar-refractivity contribution in [3.8, 4) is 0 Å². The molecule has 150 valence electrons. The zero-order valence-corrected chi connectivity index (χ0v) is 15.7. The van der Waals surface area contributed by atoms with Crippen molar-refractivity contribution in [3.63, 3.8) is 0 Å². The zero-order valence-electron chi connectivity index (χ0n) is 15.7. The molecule has 0 saturated heterocycles. The van der Waals surface area contributed by atoms with Crippen LogP contribution in [0.25, 0.3) is 0 Å². The third-order valence-corrected chi connectivity index (χ3v) is 4.49. The molecule has 2 aromatic carbocycles. The normalized spacial score (nSPS) is 14.3. The van der Waals surface area contributed by atoms with Gasteiger partial charge >= 0.3 is 11.9 Å². The van der Waals surface area contributed by atoms with Crippen molar-refractivity contribution in [2.24, 2.45) is 5.92 Å². The molecule has 0 saturated carbocycles. The molecule has 0 aliphatic carbocycles. The van der Waals surface area contributed by atoms with Crippen LogP contribution in [-0.4, -0.2) is 36.1 Å². The molecule has 7 heteroatoms. The van der Waals surface area contributed by atoms with Crippen molar-refractivity contribution in [1.29, 1.82) is 0 Å². The Bertz CT molecular complexity index is 907. The first-order chi connectivity index (χ1) is 14.0. The number of benzene rings is 2. The highest BCUT2D eigenvalue weighted by molar-refractivity contribution is 6.01. The summed E-state index contributed by atoms with van der Waals surface area (Å²) < 4.78 is 10.6. The lowest BCUT2D eigenvalue weighted by Crippen LogP contribution is -2.27. The van der Waals surface area contributed by atoms with Crippen LogP contribution in [0.15, 0.2) is 72.0 Å². The van der Waals surface area contributed by atoms with Crippen molar-refractivity contribution in [2.75, 3.05) is 13.2 Å². The van der Waals surface area contributed by atoms with E-state index in [9.17, 15) is 19.5 Å². The van der Waals surface area contributed by atoms with E-state index >= 15 is 0 Å². The number of hydrogen-bond acceptors (Lipinski definition) is 5. The van der Waals surface area contributed by atoms with E-state index in [1.54, 1.807) is 24.3 Å². The number of carbonyl (C=O) groups excluding carboxylic acids is 2. The van der Waals surface area contributed by atoms with Crippen LogP contribution in [-0.2, 0) is 36.9 Å². The van der Waals surface area contributed by atoms with Gasteiger partial charge < -0.3 is 19.9 Å². The predicted molar refractivity (Wildman–Crippen MR) is 103 cm³/mol. The molecule has 0 radical (unpaired) electrons. The molecule has 1 atom stereocenters. The Morgan fingerprint density at radius 1 is 1.00 bits per heavy atom. The highest BCUT2D eigenvalue weighted by Gasteiger charge is 2.35. The van der Waals surface area contributed by atoms with Crippen LogP contribution in [0, 0.1) is 5.92 Å². The van der Waals surface area contributed by atoms with Gasteiger partial charge in [-0.15, -0.1) is 0 Å². The third-order valence-electron chi connectivity index (χ3n) is 4.49. The van der Waals surface area contributed by atoms with E-state index in [1.807, 2.05) is 36.4 Å². The topological polar surface area (TPSA) is 102 Å². The van der Waals surface area contributed by atoms with Crippen molar-refractivity contribution in [3.05, 3.63) is 83.1 Å². The smallest absolute Gasteiger partial charge is 0.344 e. The Balaban J connectivity index is 1.66. The molecule has 0 fully saturated rings. The minimum atomic E-state index is -1.13. The maximum atomic E-state index is 12.2. The summed E-state index contributed by atoms with van der Waals surface area (Å²) in [5.74, 6) is -3.14. The van der Waals surface area contributed by atoms with Crippen LogP contribution in [0.3, 0.4) is 0 Å². The summed E-state index contributed by atoms with van der Waals surface area (Å²) in [7, 11) is 0. The standard InChI is InChI=1S/C22H21NO6/c24-19(29-13-16-9-5-2-6-10-16)14-28-18-12-23-21(25)20(18)17(22(26)27)11-15-7-3-1-4-8-15/h1-10,17H,11-14H2,(H,23,25)(H,26,27). The Kier molecular flexibility index (Phi) is 6.63. The highest BCUT2D eigenvalue weighted by atomic mass is 16.6. The molecule has 3 rings (SSSR count). The minimum Gasteiger partial charge on any atom is -0.484 e. The number of aliphatic carboxylic acids is 1. The molecular formula is C22H21NO6. The van der Waals surface area contributed by atoms with E-state index in [1.165, 1.54) is 0 Å². The van der Waals surface area contributed by atoms with Crippen LogP contribution in [0.2, 0.25) is 0 Å². The summed E-state index contributed by atoms with van der Waals surface area (Å²) in [6.45, 7) is -0.255. The lowest BCUT2D eigenvalue weighted by Gasteiger charge is -2.15. The average Bonchev–Trinajstić information content (AvgIpc) is 3.10. The lowest BCUT2D eigenvalue weighted by molar-refractivity contribution is -0.148. The summed E-state index contributed by atoms with van der Waals surface area (Å²) >= 11 is 0. The zero-order chi connectivity index (χ0) is 20.6. The molecule has 0 aromatic heterocycles. The van der Waals surface area contributed by atoms with E-state index in [2.05, 4.69) is 5.32 Å². The van der Waals surface area contributed by atoms with Gasteiger partial charge in [-0.05, 0) is 17.5 Å². The van der Waals surface area contributed by atoms with E-state index in [0.717, 1.165) is 11.1 Å². The van der Waals surface area contributed by atoms with Gasteiger partial charge in [0.2, 0.25) is 0 Å². The molecule has 1 aliphatic rings. The molecule has 0 spiro atoms. The first-order valence-electron chi connectivity index (χ1n) is 9.15. The van der Waals surface area contributed by atoms with Crippen LogP contribution in [0.1, 0.15) is 11.1 Å². The van der Waals surface area contributed by atoms with Gasteiger partial charge in [0, 0.05) is 0 Å². The summed E-state index contributed by atoms with van der Waals surface area (Å²) in [4.78, 5) is 36.0. The molecule has 29 heavy (non-hydrogen) atoms. The first kappa shape index (κ1) is 20.1. The predicted octanol–water partition coefficient (Wildman–Crippen LogP) is 2.07. The van der Waals surface area contributed by atoms with Crippen LogP contribution < -0.4 is 5.32 Å². The number of carboxylic acid groups (broad SMARTS) is 1. The van der Waals surface area contributed by atoms with Gasteiger partial charge in [-0.25, -0.2) is 4.79 Å². The highest BCUT2D eigenvalue weighted by Crippen LogP contribution is 2.25. The number of carboxylic acids is 1. The minimum absolute atomic E-state index is 0.0391. The number of amides is 1. The second-order valence-electron chi connectivity index (χ2n) is 6.54. The Hall–Kier alpha value is -3.61. The molecule has 1 unspecified atom stereocenters. The molecule has 1 amide bonds. The van der Waals surface area contributed by atoms with Gasteiger partial charge in [-0.1, -0.05) is 60.7 Å². The molecule has 2 aromatic rings. The summed E-state index contributed by atoms with van der Waals surface area (Å²) in [5, 5.41) is 12.2. The van der Waals surface area contributed by atoms with Crippen molar-refractivity contribution >= 4 is 17.8 Å². The van der Waals surface area contributed by atoms with E-state index in [0.29, 0.717) is 0 Å². The lowest BCUT2D eigenvalue weighted by atomic mass is 9.91. The van der Waals surface area contributed by atoms with Crippen molar-refractivity contribution in [1.82, 2.24) is 5.32 Å². The molecule has 7 nitrogen and oxygen atoms in total. The van der Waals surface area contributed by atoms with Crippen LogP contribution >= 0.6 is 0 Å². The van der Waals surface area contributed by atoms with E-state index in [4.69, 9.17) is 9.47 Å². The molecule has 2 N–H and O–H groups in total. The molecule has 0 bridgehead atoms. The monoisotopic (exact) mass is 395 g/mol. The average molecular weight is 395 g/mol. The van der Waals surface area contributed by atoms with Gasteiger partial charge in [0.15, 0.2) is 6.61 Å². The van der Waals surface area contributed by atoms with Crippen LogP contribution in [0.4, 0.5) is 0 Å². The Labute approximate surface area is 167 Å². The number of nitrogens with one attached hydrogen (secondary N) is 1. The fourth-order valence-corrected chi connectivity index (χ4v) is 3.05. The second-order valence-corrected chi connectivity index (χ2v) is 6.54. The SMILES string of the molecule is O=C(COC1=C(C(Cc2ccccc2)C(=O)O)C(=O)NC1)OCc1ccccc1. The molecule has 1 heterocycles. The van der Waals surface area contributed by atoms with Gasteiger partial charge in [0.05, 0.1) is 18.0 Å². The van der Waals surface area contributed by atoms with Crippen LogP contribution in [0.5, 0.6) is 0 Å². The van der Waals surface area contributed by atoms with Crippen molar-refractivity contribution < 1.29 is 29.0 Å². The maximum absolute atomic E-state index is 12.2. The van der Waals surface area contributed by atoms with Gasteiger partial charge in [-0.3, -0.25) is 9.59 Å². The van der Waals surface area contributed by atoms with E-state index in [-0.39, 0.29) is 30.9 Å². The summed E-state index contributed by atoms with van der Waals surface area (Å²) in [6, 6.07) is 18.2. The van der Waals surface area contributed by atoms with E-state index < -0.39 is 30.4 Å². The fraction of sp³-hybridized carbons (Fsp3) is 0.227. The maximum Gasteiger partial charge on any atom is 0.344 e.